The Morgan fingerprint density at radius 2 is 1.37 bits per heavy atom. The van der Waals surface area contributed by atoms with E-state index in [9.17, 15) is 0 Å². The van der Waals surface area contributed by atoms with E-state index in [2.05, 4.69) is 93.9 Å². The molecular weight excluding hydrogens is 502 g/mol. The summed E-state index contributed by atoms with van der Waals surface area (Å²) >= 11 is 0. The van der Waals surface area contributed by atoms with E-state index < -0.39 is 0 Å². The quantitative estimate of drug-likeness (QED) is 0.204. The number of hydrogen-bond donors (Lipinski definition) is 0. The van der Waals surface area contributed by atoms with E-state index in [0.717, 1.165) is 34.3 Å². The van der Waals surface area contributed by atoms with Gasteiger partial charge in [-0.1, -0.05) is 48.5 Å². The normalized spacial score (nSPS) is 12.8. The van der Waals surface area contributed by atoms with Crippen LogP contribution in [0.2, 0.25) is 0 Å². The summed E-state index contributed by atoms with van der Waals surface area (Å²) in [6.07, 6.45) is 4.54. The smallest absolute Gasteiger partial charge is 0.166 e. The van der Waals surface area contributed by atoms with Gasteiger partial charge in [-0.15, -0.1) is 0 Å². The first-order valence-electron chi connectivity index (χ1n) is 13.9. The second kappa shape index (κ2) is 7.55. The third-order valence-electron chi connectivity index (χ3n) is 8.81. The van der Waals surface area contributed by atoms with Crippen LogP contribution >= 0.6 is 0 Å². The summed E-state index contributed by atoms with van der Waals surface area (Å²) in [6, 6.07) is 36.9. The maximum Gasteiger partial charge on any atom is 0.166 e. The Hall–Kier alpha value is -5.55. The Morgan fingerprint density at radius 1 is 0.561 bits per heavy atom. The molecule has 190 valence electrons. The molecule has 0 saturated heterocycles. The summed E-state index contributed by atoms with van der Waals surface area (Å²) in [5, 5.41) is 6.06. The van der Waals surface area contributed by atoms with Gasteiger partial charge >= 0.3 is 0 Å². The van der Waals surface area contributed by atoms with Gasteiger partial charge in [0.2, 0.25) is 0 Å². The van der Waals surface area contributed by atoms with Gasteiger partial charge in [0.1, 0.15) is 16.8 Å². The molecule has 0 radical (unpaired) electrons. The van der Waals surface area contributed by atoms with Crippen molar-refractivity contribution in [2.24, 2.45) is 0 Å². The zero-order valence-electron chi connectivity index (χ0n) is 21.9. The van der Waals surface area contributed by atoms with Gasteiger partial charge in [-0.3, -0.25) is 4.40 Å². The summed E-state index contributed by atoms with van der Waals surface area (Å²) in [6.45, 7) is 0. The number of aromatic nitrogens is 5. The van der Waals surface area contributed by atoms with Gasteiger partial charge in [0.15, 0.2) is 5.65 Å². The van der Waals surface area contributed by atoms with Crippen molar-refractivity contribution < 1.29 is 0 Å². The molecule has 5 aromatic heterocycles. The molecule has 0 bridgehead atoms. The summed E-state index contributed by atoms with van der Waals surface area (Å²) < 4.78 is 4.54. The van der Waals surface area contributed by atoms with Gasteiger partial charge in [-0.2, -0.15) is 0 Å². The standard InChI is InChI=1S/C36H21N5/c1-2-8-22(9-3-1)40-31-13-5-4-10-24(31)28-18-21-19-29-23(27(21)20-32(28)40)14-15-25-26-11-6-16-37-34(26)41-35-30(12-7-17-38-35)39-36(41)33(25)29/h1-18,20H,19H2. The maximum absolute atomic E-state index is 5.13. The number of fused-ring (bicyclic) bond motifs is 15. The molecule has 0 spiro atoms. The van der Waals surface area contributed by atoms with Crippen LogP contribution < -0.4 is 0 Å². The van der Waals surface area contributed by atoms with Crippen molar-refractivity contribution in [2.75, 3.05) is 0 Å². The number of pyridine rings is 3. The molecule has 0 saturated carbocycles. The molecule has 0 fully saturated rings. The van der Waals surface area contributed by atoms with E-state index in [1.165, 1.54) is 60.5 Å². The summed E-state index contributed by atoms with van der Waals surface area (Å²) in [5.74, 6) is 0. The van der Waals surface area contributed by atoms with Crippen molar-refractivity contribution >= 4 is 60.4 Å². The van der Waals surface area contributed by atoms with E-state index in [1.54, 1.807) is 0 Å². The molecule has 0 atom stereocenters. The highest BCUT2D eigenvalue weighted by molar-refractivity contribution is 6.17. The number of imidazole rings is 1. The first-order valence-corrected chi connectivity index (χ1v) is 13.9. The largest absolute Gasteiger partial charge is 0.309 e. The fourth-order valence-electron chi connectivity index (χ4n) is 7.13. The summed E-state index contributed by atoms with van der Waals surface area (Å²) in [5.41, 5.74) is 12.4. The number of benzene rings is 4. The highest BCUT2D eigenvalue weighted by Crippen LogP contribution is 2.46. The molecule has 4 aromatic carbocycles. The fraction of sp³-hybridized carbons (Fsp3) is 0.0278. The highest BCUT2D eigenvalue weighted by Gasteiger charge is 2.26. The molecular formula is C36H21N5. The van der Waals surface area contributed by atoms with Crippen LogP contribution in [-0.2, 0) is 6.42 Å². The monoisotopic (exact) mass is 523 g/mol. The van der Waals surface area contributed by atoms with Crippen molar-refractivity contribution in [3.8, 4) is 16.8 Å². The Bertz CT molecular complexity index is 2550. The van der Waals surface area contributed by atoms with Crippen LogP contribution in [0, 0.1) is 0 Å². The SMILES string of the molecule is c1ccc(-n2c3ccccc3c3cc4c(cc32)-c2ccc3c5cccnc5n5c6ncccc6nc5c3c2C4)cc1. The maximum atomic E-state index is 5.13. The van der Waals surface area contributed by atoms with Crippen molar-refractivity contribution in [3.63, 3.8) is 0 Å². The lowest BCUT2D eigenvalue weighted by atomic mass is 9.98. The van der Waals surface area contributed by atoms with Crippen molar-refractivity contribution in [1.82, 2.24) is 23.9 Å². The molecule has 10 rings (SSSR count). The van der Waals surface area contributed by atoms with E-state index in [4.69, 9.17) is 15.0 Å². The minimum atomic E-state index is 0.843. The molecule has 1 aliphatic rings. The Balaban J connectivity index is 1.34. The summed E-state index contributed by atoms with van der Waals surface area (Å²) in [4.78, 5) is 14.6. The second-order valence-electron chi connectivity index (χ2n) is 10.9. The second-order valence-corrected chi connectivity index (χ2v) is 10.9. The number of hydrogen-bond acceptors (Lipinski definition) is 3. The molecule has 0 amide bonds. The fourth-order valence-corrected chi connectivity index (χ4v) is 7.13. The lowest BCUT2D eigenvalue weighted by molar-refractivity contribution is 1.18. The molecule has 1 aliphatic carbocycles. The van der Waals surface area contributed by atoms with Gasteiger partial charge in [0.25, 0.3) is 0 Å². The van der Waals surface area contributed by atoms with Gasteiger partial charge in [0, 0.05) is 39.6 Å². The molecule has 9 aromatic rings. The van der Waals surface area contributed by atoms with Crippen molar-refractivity contribution in [2.45, 2.75) is 6.42 Å². The third kappa shape index (κ3) is 2.68. The van der Waals surface area contributed by atoms with Gasteiger partial charge in [0.05, 0.1) is 11.0 Å². The molecule has 5 heteroatoms. The van der Waals surface area contributed by atoms with Crippen LogP contribution in [0.1, 0.15) is 11.1 Å². The zero-order valence-corrected chi connectivity index (χ0v) is 21.9. The van der Waals surface area contributed by atoms with Crippen LogP contribution in [0.3, 0.4) is 0 Å². The van der Waals surface area contributed by atoms with Crippen LogP contribution in [-0.4, -0.2) is 23.9 Å². The van der Waals surface area contributed by atoms with Gasteiger partial charge in [-0.05, 0) is 88.7 Å². The number of rotatable bonds is 1. The van der Waals surface area contributed by atoms with Crippen LogP contribution in [0.4, 0.5) is 0 Å². The number of para-hydroxylation sites is 2. The third-order valence-corrected chi connectivity index (χ3v) is 8.81. The average molecular weight is 524 g/mol. The first kappa shape index (κ1) is 21.3. The minimum Gasteiger partial charge on any atom is -0.309 e. The first-order chi connectivity index (χ1) is 20.3. The highest BCUT2D eigenvalue weighted by atomic mass is 15.1. The molecule has 5 heterocycles. The topological polar surface area (TPSA) is 48.0 Å². The van der Waals surface area contributed by atoms with E-state index in [0.29, 0.717) is 0 Å². The Morgan fingerprint density at radius 3 is 2.29 bits per heavy atom. The average Bonchev–Trinajstić information content (AvgIpc) is 3.69. The van der Waals surface area contributed by atoms with Crippen molar-refractivity contribution in [1.29, 1.82) is 0 Å². The van der Waals surface area contributed by atoms with Gasteiger partial charge < -0.3 is 4.57 Å². The van der Waals surface area contributed by atoms with Crippen LogP contribution in [0.25, 0.3) is 77.2 Å². The molecule has 5 nitrogen and oxygen atoms in total. The predicted molar refractivity (Wildman–Crippen MR) is 166 cm³/mol. The van der Waals surface area contributed by atoms with E-state index >= 15 is 0 Å². The molecule has 41 heavy (non-hydrogen) atoms. The lowest BCUT2D eigenvalue weighted by Crippen LogP contribution is -1.97. The van der Waals surface area contributed by atoms with Crippen molar-refractivity contribution in [3.05, 3.63) is 127 Å². The number of nitrogens with zero attached hydrogens (tertiary/aromatic N) is 5. The van der Waals surface area contributed by atoms with E-state index in [-0.39, 0.29) is 0 Å². The summed E-state index contributed by atoms with van der Waals surface area (Å²) in [7, 11) is 0. The van der Waals surface area contributed by atoms with Gasteiger partial charge in [-0.25, -0.2) is 15.0 Å². The Kier molecular flexibility index (Phi) is 3.92. The van der Waals surface area contributed by atoms with Crippen LogP contribution in [0.5, 0.6) is 0 Å². The van der Waals surface area contributed by atoms with E-state index in [1.807, 2.05) is 30.6 Å². The minimum absolute atomic E-state index is 0.843. The lowest BCUT2D eigenvalue weighted by Gasteiger charge is -2.12. The Labute approximate surface area is 234 Å². The molecule has 0 aliphatic heterocycles. The van der Waals surface area contributed by atoms with Crippen LogP contribution in [0.15, 0.2) is 116 Å². The molecule has 0 unspecified atom stereocenters. The zero-order chi connectivity index (χ0) is 26.7. The molecule has 0 N–H and O–H groups in total. The predicted octanol–water partition coefficient (Wildman–Crippen LogP) is 8.25.